The number of carbonyl (C=O) groups is 1. The molecule has 0 aliphatic carbocycles. The first-order valence-electron chi connectivity index (χ1n) is 10.7. The van der Waals surface area contributed by atoms with Gasteiger partial charge in [0.2, 0.25) is 0 Å². The van der Waals surface area contributed by atoms with E-state index in [1.165, 1.54) is 5.56 Å². The van der Waals surface area contributed by atoms with E-state index in [0.29, 0.717) is 25.2 Å². The Hall–Kier alpha value is -3.15. The topological polar surface area (TPSA) is 81.6 Å². The highest BCUT2D eigenvalue weighted by atomic mass is 16.3. The lowest BCUT2D eigenvalue weighted by Gasteiger charge is -2.14. The number of rotatable bonds is 11. The summed E-state index contributed by atoms with van der Waals surface area (Å²) in [5.41, 5.74) is 3.59. The van der Waals surface area contributed by atoms with Crippen LogP contribution in [0.2, 0.25) is 0 Å². The van der Waals surface area contributed by atoms with Crippen LogP contribution in [0.3, 0.4) is 0 Å². The first-order chi connectivity index (χ1) is 15.1. The van der Waals surface area contributed by atoms with E-state index in [1.807, 2.05) is 42.5 Å². The number of hydrogen-bond donors (Lipinski definition) is 4. The summed E-state index contributed by atoms with van der Waals surface area (Å²) in [6.45, 7) is 1.47. The standard InChI is InChI=1S/C26H30N2O3/c29-23-15-13-21(14-16-23)25(30)19-27-18-22-11-4-5-12-24(22)26(31)28-17-7-6-10-20-8-2-1-3-9-20/h1-5,8-9,11-16,25,27,29-30H,6-7,10,17-19H2,(H,28,31). The predicted molar refractivity (Wildman–Crippen MR) is 123 cm³/mol. The van der Waals surface area contributed by atoms with E-state index in [-0.39, 0.29) is 11.7 Å². The molecule has 0 saturated carbocycles. The lowest BCUT2D eigenvalue weighted by Crippen LogP contribution is -2.27. The summed E-state index contributed by atoms with van der Waals surface area (Å²) in [6.07, 6.45) is 2.29. The lowest BCUT2D eigenvalue weighted by molar-refractivity contribution is 0.0952. The molecule has 1 atom stereocenters. The molecule has 0 aliphatic rings. The minimum Gasteiger partial charge on any atom is -0.508 e. The SMILES string of the molecule is O=C(NCCCCc1ccccc1)c1ccccc1CNCC(O)c1ccc(O)cc1. The van der Waals surface area contributed by atoms with Crippen molar-refractivity contribution < 1.29 is 15.0 Å². The minimum atomic E-state index is -0.689. The van der Waals surface area contributed by atoms with E-state index < -0.39 is 6.10 Å². The van der Waals surface area contributed by atoms with Crippen molar-refractivity contribution in [3.63, 3.8) is 0 Å². The average molecular weight is 419 g/mol. The fraction of sp³-hybridized carbons (Fsp3) is 0.269. The zero-order valence-corrected chi connectivity index (χ0v) is 17.6. The summed E-state index contributed by atoms with van der Waals surface area (Å²) >= 11 is 0. The van der Waals surface area contributed by atoms with Crippen molar-refractivity contribution >= 4 is 5.91 Å². The molecule has 0 radical (unpaired) electrons. The highest BCUT2D eigenvalue weighted by molar-refractivity contribution is 5.95. The molecule has 3 rings (SSSR count). The summed E-state index contributed by atoms with van der Waals surface area (Å²) in [7, 11) is 0. The van der Waals surface area contributed by atoms with Gasteiger partial charge in [-0.2, -0.15) is 0 Å². The molecule has 1 amide bonds. The van der Waals surface area contributed by atoms with Crippen LogP contribution >= 0.6 is 0 Å². The number of phenols is 1. The van der Waals surface area contributed by atoms with Crippen LogP contribution in [0.15, 0.2) is 78.9 Å². The van der Waals surface area contributed by atoms with Crippen molar-refractivity contribution in [3.05, 3.63) is 101 Å². The van der Waals surface area contributed by atoms with Crippen LogP contribution in [0.1, 0.15) is 46.0 Å². The molecule has 31 heavy (non-hydrogen) atoms. The first kappa shape index (κ1) is 22.5. The van der Waals surface area contributed by atoms with Crippen molar-refractivity contribution in [2.24, 2.45) is 0 Å². The average Bonchev–Trinajstić information content (AvgIpc) is 2.80. The van der Waals surface area contributed by atoms with Gasteiger partial charge in [0.15, 0.2) is 0 Å². The van der Waals surface area contributed by atoms with Crippen molar-refractivity contribution in [1.82, 2.24) is 10.6 Å². The number of aliphatic hydroxyl groups excluding tert-OH is 1. The molecule has 0 aromatic heterocycles. The van der Waals surface area contributed by atoms with Gasteiger partial charge in [-0.25, -0.2) is 0 Å². The van der Waals surface area contributed by atoms with Crippen LogP contribution in [0, 0.1) is 0 Å². The fourth-order valence-corrected chi connectivity index (χ4v) is 3.45. The first-order valence-corrected chi connectivity index (χ1v) is 10.7. The molecule has 1 unspecified atom stereocenters. The Labute approximate surface area is 183 Å². The monoisotopic (exact) mass is 418 g/mol. The van der Waals surface area contributed by atoms with E-state index in [4.69, 9.17) is 0 Å². The van der Waals surface area contributed by atoms with Gasteiger partial charge in [-0.05, 0) is 54.2 Å². The van der Waals surface area contributed by atoms with E-state index in [9.17, 15) is 15.0 Å². The zero-order valence-electron chi connectivity index (χ0n) is 17.6. The Balaban J connectivity index is 1.43. The number of carbonyl (C=O) groups excluding carboxylic acids is 1. The highest BCUT2D eigenvalue weighted by Gasteiger charge is 2.12. The van der Waals surface area contributed by atoms with Gasteiger partial charge in [-0.1, -0.05) is 60.7 Å². The van der Waals surface area contributed by atoms with Gasteiger partial charge in [0.1, 0.15) is 5.75 Å². The maximum absolute atomic E-state index is 12.6. The molecule has 0 saturated heterocycles. The van der Waals surface area contributed by atoms with Gasteiger partial charge < -0.3 is 20.8 Å². The Morgan fingerprint density at radius 2 is 1.58 bits per heavy atom. The van der Waals surface area contributed by atoms with Gasteiger partial charge >= 0.3 is 0 Å². The second-order valence-corrected chi connectivity index (χ2v) is 7.59. The van der Waals surface area contributed by atoms with Gasteiger partial charge in [0.05, 0.1) is 6.10 Å². The van der Waals surface area contributed by atoms with Gasteiger partial charge in [0, 0.05) is 25.2 Å². The normalized spacial score (nSPS) is 11.8. The molecular formula is C26H30N2O3. The summed E-state index contributed by atoms with van der Waals surface area (Å²) in [4.78, 5) is 12.6. The number of aromatic hydroxyl groups is 1. The smallest absolute Gasteiger partial charge is 0.251 e. The van der Waals surface area contributed by atoms with Crippen molar-refractivity contribution in [1.29, 1.82) is 0 Å². The number of nitrogens with one attached hydrogen (secondary N) is 2. The maximum atomic E-state index is 12.6. The highest BCUT2D eigenvalue weighted by Crippen LogP contribution is 2.16. The van der Waals surface area contributed by atoms with Gasteiger partial charge in [-0.15, -0.1) is 0 Å². The van der Waals surface area contributed by atoms with Crippen molar-refractivity contribution in [2.45, 2.75) is 31.9 Å². The largest absolute Gasteiger partial charge is 0.508 e. The van der Waals surface area contributed by atoms with Crippen LogP contribution < -0.4 is 10.6 Å². The number of aliphatic hydroxyl groups is 1. The third-order valence-electron chi connectivity index (χ3n) is 5.21. The van der Waals surface area contributed by atoms with Crippen LogP contribution in [-0.2, 0) is 13.0 Å². The van der Waals surface area contributed by atoms with Crippen LogP contribution in [0.25, 0.3) is 0 Å². The molecule has 0 bridgehead atoms. The number of hydrogen-bond acceptors (Lipinski definition) is 4. The summed E-state index contributed by atoms with van der Waals surface area (Å²) in [5, 5.41) is 25.9. The summed E-state index contributed by atoms with van der Waals surface area (Å²) in [5.74, 6) is 0.0973. The molecule has 0 spiro atoms. The molecule has 5 nitrogen and oxygen atoms in total. The molecule has 3 aromatic rings. The summed E-state index contributed by atoms with van der Waals surface area (Å²) in [6, 6.07) is 24.4. The molecule has 0 fully saturated rings. The minimum absolute atomic E-state index is 0.0730. The third-order valence-corrected chi connectivity index (χ3v) is 5.21. The lowest BCUT2D eigenvalue weighted by atomic mass is 10.1. The van der Waals surface area contributed by atoms with E-state index in [2.05, 4.69) is 22.8 Å². The Morgan fingerprint density at radius 3 is 2.35 bits per heavy atom. The number of phenolic OH excluding ortho intramolecular Hbond substituents is 1. The van der Waals surface area contributed by atoms with Crippen LogP contribution in [-0.4, -0.2) is 29.2 Å². The molecule has 0 heterocycles. The van der Waals surface area contributed by atoms with Crippen molar-refractivity contribution in [2.75, 3.05) is 13.1 Å². The third kappa shape index (κ3) is 7.24. The Morgan fingerprint density at radius 1 is 0.871 bits per heavy atom. The predicted octanol–water partition coefficient (Wildman–Crippen LogP) is 3.97. The molecule has 4 N–H and O–H groups in total. The number of benzene rings is 3. The van der Waals surface area contributed by atoms with Gasteiger partial charge in [0.25, 0.3) is 5.91 Å². The zero-order chi connectivity index (χ0) is 21.9. The second kappa shape index (κ2) is 11.9. The van der Waals surface area contributed by atoms with E-state index >= 15 is 0 Å². The molecular weight excluding hydrogens is 388 g/mol. The molecule has 0 aliphatic heterocycles. The molecule has 162 valence electrons. The van der Waals surface area contributed by atoms with Crippen LogP contribution in [0.5, 0.6) is 5.75 Å². The Bertz CT molecular complexity index is 942. The molecule has 5 heteroatoms. The fourth-order valence-electron chi connectivity index (χ4n) is 3.45. The maximum Gasteiger partial charge on any atom is 0.251 e. The van der Waals surface area contributed by atoms with Crippen LogP contribution in [0.4, 0.5) is 0 Å². The van der Waals surface area contributed by atoms with Crippen molar-refractivity contribution in [3.8, 4) is 5.75 Å². The number of amides is 1. The molecule has 3 aromatic carbocycles. The Kier molecular flexibility index (Phi) is 8.64. The van der Waals surface area contributed by atoms with E-state index in [1.54, 1.807) is 24.3 Å². The van der Waals surface area contributed by atoms with E-state index in [0.717, 1.165) is 30.4 Å². The van der Waals surface area contributed by atoms with Gasteiger partial charge in [-0.3, -0.25) is 4.79 Å². The number of aryl methyl sites for hydroxylation is 1. The summed E-state index contributed by atoms with van der Waals surface area (Å²) < 4.78 is 0. The quantitative estimate of drug-likeness (QED) is 0.355. The number of unbranched alkanes of at least 4 members (excludes halogenated alkanes) is 1. The second-order valence-electron chi connectivity index (χ2n) is 7.59.